The molecule has 8 nitrogen and oxygen atoms in total. The third-order valence-electron chi connectivity index (χ3n) is 6.02. The van der Waals surface area contributed by atoms with Crippen molar-refractivity contribution in [2.75, 3.05) is 19.0 Å². The molecule has 5 rings (SSSR count). The number of ether oxygens (including phenoxy) is 1. The van der Waals surface area contributed by atoms with Crippen molar-refractivity contribution in [1.29, 1.82) is 0 Å². The maximum absolute atomic E-state index is 12.6. The summed E-state index contributed by atoms with van der Waals surface area (Å²) in [4.78, 5) is 43.8. The summed E-state index contributed by atoms with van der Waals surface area (Å²) in [5.74, 6) is 0.131. The van der Waals surface area contributed by atoms with Crippen LogP contribution in [0.15, 0.2) is 63.1 Å². The molecular formula is C26H23N3O5S. The monoisotopic (exact) mass is 489 g/mol. The normalized spacial score (nSPS) is 12.9. The number of nitrogens with one attached hydrogen (secondary N) is 1. The first kappa shape index (κ1) is 22.8. The Hall–Kier alpha value is -3.98. The van der Waals surface area contributed by atoms with E-state index in [0.29, 0.717) is 46.2 Å². The Balaban J connectivity index is 1.21. The summed E-state index contributed by atoms with van der Waals surface area (Å²) in [5, 5.41) is 5.47. The van der Waals surface area contributed by atoms with E-state index in [1.54, 1.807) is 22.4 Å². The molecule has 0 bridgehead atoms. The minimum atomic E-state index is -0.543. The first-order valence-corrected chi connectivity index (χ1v) is 12.1. The number of hydrogen-bond acceptors (Lipinski definition) is 7. The molecule has 1 N–H and O–H groups in total. The molecule has 2 aromatic heterocycles. The van der Waals surface area contributed by atoms with Crippen LogP contribution in [0.25, 0.3) is 22.2 Å². The number of fused-ring (bicyclic) bond motifs is 2. The summed E-state index contributed by atoms with van der Waals surface area (Å²) in [6.45, 7) is 1.24. The minimum absolute atomic E-state index is 0.0429. The maximum Gasteiger partial charge on any atom is 0.345 e. The highest BCUT2D eigenvalue weighted by molar-refractivity contribution is 7.14. The average molecular weight is 490 g/mol. The largest absolute Gasteiger partial charge is 0.493 e. The van der Waals surface area contributed by atoms with Crippen LogP contribution in [0, 0.1) is 0 Å². The van der Waals surface area contributed by atoms with Crippen molar-refractivity contribution in [3.8, 4) is 17.0 Å². The number of hydrogen-bond donors (Lipinski definition) is 1. The predicted octanol–water partition coefficient (Wildman–Crippen LogP) is 4.23. The molecule has 0 atom stereocenters. The zero-order valence-corrected chi connectivity index (χ0v) is 19.9. The van der Waals surface area contributed by atoms with E-state index in [-0.39, 0.29) is 24.7 Å². The molecule has 9 heteroatoms. The number of rotatable bonds is 6. The third kappa shape index (κ3) is 4.81. The van der Waals surface area contributed by atoms with Gasteiger partial charge in [-0.1, -0.05) is 36.4 Å². The Morgan fingerprint density at radius 2 is 1.97 bits per heavy atom. The van der Waals surface area contributed by atoms with Crippen molar-refractivity contribution in [3.63, 3.8) is 0 Å². The predicted molar refractivity (Wildman–Crippen MR) is 134 cm³/mol. The highest BCUT2D eigenvalue weighted by Gasteiger charge is 2.21. The number of aromatic nitrogens is 1. The lowest BCUT2D eigenvalue weighted by molar-refractivity contribution is -0.133. The number of methoxy groups -OCH3 is 1. The molecule has 178 valence electrons. The lowest BCUT2D eigenvalue weighted by Crippen LogP contribution is -2.36. The summed E-state index contributed by atoms with van der Waals surface area (Å²) in [5.41, 5.74) is 2.96. The number of amides is 2. The van der Waals surface area contributed by atoms with Gasteiger partial charge in [0.2, 0.25) is 11.8 Å². The van der Waals surface area contributed by atoms with E-state index in [4.69, 9.17) is 9.15 Å². The average Bonchev–Trinajstić information content (AvgIpc) is 3.34. The van der Waals surface area contributed by atoms with Crippen LogP contribution in [0.4, 0.5) is 5.13 Å². The molecule has 0 aliphatic carbocycles. The Kier molecular flexibility index (Phi) is 6.33. The van der Waals surface area contributed by atoms with E-state index in [1.807, 2.05) is 30.3 Å². The SMILES string of the molecule is COc1cccc2cc(-c3csc(NC(=O)CCC(=O)N4CCc5ccccc5C4)n3)c(=O)oc12. The highest BCUT2D eigenvalue weighted by Crippen LogP contribution is 2.29. The van der Waals surface area contributed by atoms with Crippen molar-refractivity contribution in [2.24, 2.45) is 0 Å². The molecule has 3 heterocycles. The fraction of sp³-hybridized carbons (Fsp3) is 0.231. The van der Waals surface area contributed by atoms with Gasteiger partial charge in [-0.2, -0.15) is 0 Å². The number of thiazole rings is 1. The van der Waals surface area contributed by atoms with Gasteiger partial charge in [-0.25, -0.2) is 9.78 Å². The van der Waals surface area contributed by atoms with Gasteiger partial charge < -0.3 is 19.4 Å². The molecule has 0 spiro atoms. The van der Waals surface area contributed by atoms with Crippen LogP contribution >= 0.6 is 11.3 Å². The number of para-hydroxylation sites is 1. The van der Waals surface area contributed by atoms with Gasteiger partial charge in [0.25, 0.3) is 0 Å². The van der Waals surface area contributed by atoms with Crippen LogP contribution < -0.4 is 15.7 Å². The van der Waals surface area contributed by atoms with Crippen LogP contribution in [0.1, 0.15) is 24.0 Å². The number of carbonyl (C=O) groups excluding carboxylic acids is 2. The second kappa shape index (κ2) is 9.71. The van der Waals surface area contributed by atoms with Gasteiger partial charge >= 0.3 is 5.63 Å². The molecule has 1 aliphatic heterocycles. The Morgan fingerprint density at radius 3 is 2.80 bits per heavy atom. The van der Waals surface area contributed by atoms with E-state index >= 15 is 0 Å². The minimum Gasteiger partial charge on any atom is -0.493 e. The number of anilines is 1. The van der Waals surface area contributed by atoms with E-state index in [1.165, 1.54) is 24.0 Å². The van der Waals surface area contributed by atoms with Gasteiger partial charge in [-0.3, -0.25) is 9.59 Å². The lowest BCUT2D eigenvalue weighted by atomic mass is 9.99. The second-order valence-corrected chi connectivity index (χ2v) is 9.10. The topological polar surface area (TPSA) is 102 Å². The molecule has 4 aromatic rings. The van der Waals surface area contributed by atoms with Gasteiger partial charge in [0.1, 0.15) is 0 Å². The Labute approximate surface area is 205 Å². The first-order valence-electron chi connectivity index (χ1n) is 11.2. The molecule has 0 unspecified atom stereocenters. The van der Waals surface area contributed by atoms with Crippen LogP contribution in [-0.4, -0.2) is 35.4 Å². The summed E-state index contributed by atoms with van der Waals surface area (Å²) in [7, 11) is 1.51. The van der Waals surface area contributed by atoms with Crippen molar-refractivity contribution in [3.05, 3.63) is 75.5 Å². The van der Waals surface area contributed by atoms with E-state index < -0.39 is 5.63 Å². The standard InChI is InChI=1S/C26H23N3O5S/c1-33-21-8-4-7-17-13-19(25(32)34-24(17)21)20-15-35-26(27-20)28-22(30)9-10-23(31)29-12-11-16-5-2-3-6-18(16)14-29/h2-8,13,15H,9-12,14H2,1H3,(H,27,28,30). The van der Waals surface area contributed by atoms with Gasteiger partial charge in [0.05, 0.1) is 18.4 Å². The molecule has 2 aromatic carbocycles. The fourth-order valence-electron chi connectivity index (χ4n) is 4.18. The van der Waals surface area contributed by atoms with Gasteiger partial charge in [0.15, 0.2) is 16.5 Å². The van der Waals surface area contributed by atoms with Crippen LogP contribution in [0.5, 0.6) is 5.75 Å². The molecule has 1 aliphatic rings. The van der Waals surface area contributed by atoms with Crippen molar-refractivity contribution < 1.29 is 18.7 Å². The van der Waals surface area contributed by atoms with E-state index in [0.717, 1.165) is 12.0 Å². The molecule has 0 saturated carbocycles. The van der Waals surface area contributed by atoms with Gasteiger partial charge in [-0.05, 0) is 29.7 Å². The molecular weight excluding hydrogens is 466 g/mol. The molecule has 35 heavy (non-hydrogen) atoms. The zero-order valence-electron chi connectivity index (χ0n) is 19.1. The quantitative estimate of drug-likeness (QED) is 0.407. The molecule has 0 radical (unpaired) electrons. The number of benzene rings is 2. The van der Waals surface area contributed by atoms with E-state index in [9.17, 15) is 14.4 Å². The summed E-state index contributed by atoms with van der Waals surface area (Å²) in [6.07, 6.45) is 1.01. The van der Waals surface area contributed by atoms with Gasteiger partial charge in [-0.15, -0.1) is 11.3 Å². The first-order chi connectivity index (χ1) is 17.0. The van der Waals surface area contributed by atoms with Gasteiger partial charge in [0, 0.05) is 36.7 Å². The molecule has 0 fully saturated rings. The van der Waals surface area contributed by atoms with Crippen LogP contribution in [0.2, 0.25) is 0 Å². The van der Waals surface area contributed by atoms with Crippen molar-refractivity contribution in [2.45, 2.75) is 25.8 Å². The smallest absolute Gasteiger partial charge is 0.345 e. The second-order valence-electron chi connectivity index (χ2n) is 8.25. The number of carbonyl (C=O) groups is 2. The third-order valence-corrected chi connectivity index (χ3v) is 6.78. The van der Waals surface area contributed by atoms with E-state index in [2.05, 4.69) is 16.4 Å². The maximum atomic E-state index is 12.6. The summed E-state index contributed by atoms with van der Waals surface area (Å²) >= 11 is 1.21. The van der Waals surface area contributed by atoms with Crippen molar-refractivity contribution in [1.82, 2.24) is 9.88 Å². The highest BCUT2D eigenvalue weighted by atomic mass is 32.1. The van der Waals surface area contributed by atoms with Crippen LogP contribution in [0.3, 0.4) is 0 Å². The fourth-order valence-corrected chi connectivity index (χ4v) is 4.91. The zero-order chi connectivity index (χ0) is 24.4. The molecule has 0 saturated heterocycles. The number of nitrogens with zero attached hydrogens (tertiary/aromatic N) is 2. The molecule has 2 amide bonds. The van der Waals surface area contributed by atoms with Crippen molar-refractivity contribution >= 4 is 39.3 Å². The lowest BCUT2D eigenvalue weighted by Gasteiger charge is -2.28. The Morgan fingerprint density at radius 1 is 1.14 bits per heavy atom. The summed E-state index contributed by atoms with van der Waals surface area (Å²) in [6, 6.07) is 15.1. The van der Waals surface area contributed by atoms with Crippen LogP contribution in [-0.2, 0) is 22.6 Å². The summed E-state index contributed by atoms with van der Waals surface area (Å²) < 4.78 is 10.7. The Bertz CT molecular complexity index is 1480.